The van der Waals surface area contributed by atoms with Crippen LogP contribution < -0.4 is 10.9 Å². The van der Waals surface area contributed by atoms with E-state index in [2.05, 4.69) is 21.0 Å². The third-order valence-corrected chi connectivity index (χ3v) is 4.84. The van der Waals surface area contributed by atoms with Gasteiger partial charge in [-0.05, 0) is 30.5 Å². The highest BCUT2D eigenvalue weighted by Gasteiger charge is 2.19. The number of hydrogen-bond acceptors (Lipinski definition) is 5. The number of thiophene rings is 1. The van der Waals surface area contributed by atoms with Crippen molar-refractivity contribution in [2.45, 2.75) is 6.92 Å². The molecule has 3 aromatic heterocycles. The van der Waals surface area contributed by atoms with Gasteiger partial charge < -0.3 is 4.42 Å². The monoisotopic (exact) mass is 366 g/mol. The van der Waals surface area contributed by atoms with Gasteiger partial charge in [0.2, 0.25) is 0 Å². The number of aromatic nitrogens is 2. The van der Waals surface area contributed by atoms with Gasteiger partial charge in [-0.25, -0.2) is 0 Å². The summed E-state index contributed by atoms with van der Waals surface area (Å²) in [6, 6.07) is 12.8. The lowest BCUT2D eigenvalue weighted by Gasteiger charge is -2.04. The Morgan fingerprint density at radius 1 is 1.12 bits per heavy atom. The lowest BCUT2D eigenvalue weighted by Crippen LogP contribution is -2.41. The molecule has 0 aliphatic carbocycles. The summed E-state index contributed by atoms with van der Waals surface area (Å²) in [7, 11) is 0. The fourth-order valence-corrected chi connectivity index (χ4v) is 3.31. The van der Waals surface area contributed by atoms with Gasteiger partial charge >= 0.3 is 5.91 Å². The van der Waals surface area contributed by atoms with Gasteiger partial charge in [-0.3, -0.25) is 25.5 Å². The number of amides is 2. The van der Waals surface area contributed by atoms with Gasteiger partial charge in [-0.1, -0.05) is 24.3 Å². The van der Waals surface area contributed by atoms with Crippen LogP contribution in [0.25, 0.3) is 21.5 Å². The highest BCUT2D eigenvalue weighted by Crippen LogP contribution is 2.25. The lowest BCUT2D eigenvalue weighted by atomic mass is 10.1. The van der Waals surface area contributed by atoms with Gasteiger partial charge in [0.05, 0.1) is 10.6 Å². The molecule has 0 saturated heterocycles. The van der Waals surface area contributed by atoms with Crippen LogP contribution in [0.2, 0.25) is 0 Å². The first-order valence-electron chi connectivity index (χ1n) is 7.81. The standard InChI is InChI=1S/C18H14N4O3S/c1-10-11-5-2-3-6-14(11)25-16(10)18(24)22-21-17(23)13-9-12(19-20-13)15-7-4-8-26-15/h2-9H,1H3,(H,19,20)(H,21,23)(H,22,24). The van der Waals surface area contributed by atoms with E-state index < -0.39 is 11.8 Å². The Morgan fingerprint density at radius 3 is 2.69 bits per heavy atom. The van der Waals surface area contributed by atoms with Crippen molar-refractivity contribution in [2.24, 2.45) is 0 Å². The molecule has 0 aliphatic rings. The Kier molecular flexibility index (Phi) is 4.02. The fraction of sp³-hybridized carbons (Fsp3) is 0.0556. The van der Waals surface area contributed by atoms with Crippen LogP contribution in [-0.2, 0) is 0 Å². The van der Waals surface area contributed by atoms with Crippen molar-refractivity contribution in [2.75, 3.05) is 0 Å². The number of hydrazine groups is 1. The first kappa shape index (κ1) is 16.1. The van der Waals surface area contributed by atoms with E-state index in [-0.39, 0.29) is 11.5 Å². The maximum absolute atomic E-state index is 12.3. The number of H-pyrrole nitrogens is 1. The second-order valence-corrected chi connectivity index (χ2v) is 6.55. The number of carbonyl (C=O) groups is 2. The van der Waals surface area contributed by atoms with Crippen LogP contribution in [0.1, 0.15) is 26.6 Å². The summed E-state index contributed by atoms with van der Waals surface area (Å²) in [4.78, 5) is 25.5. The van der Waals surface area contributed by atoms with Crippen LogP contribution in [0.4, 0.5) is 0 Å². The molecule has 0 fully saturated rings. The molecule has 0 spiro atoms. The quantitative estimate of drug-likeness (QED) is 0.485. The number of nitrogens with zero attached hydrogens (tertiary/aromatic N) is 1. The molecule has 0 bridgehead atoms. The number of para-hydroxylation sites is 1. The van der Waals surface area contributed by atoms with Crippen molar-refractivity contribution in [1.82, 2.24) is 21.0 Å². The van der Waals surface area contributed by atoms with E-state index in [9.17, 15) is 9.59 Å². The molecule has 3 heterocycles. The molecule has 0 atom stereocenters. The first-order chi connectivity index (χ1) is 12.6. The summed E-state index contributed by atoms with van der Waals surface area (Å²) in [6.07, 6.45) is 0. The average Bonchev–Trinajstić information content (AvgIpc) is 3.39. The van der Waals surface area contributed by atoms with Crippen molar-refractivity contribution in [3.8, 4) is 10.6 Å². The van der Waals surface area contributed by atoms with Crippen molar-refractivity contribution in [3.63, 3.8) is 0 Å². The topological polar surface area (TPSA) is 100 Å². The third kappa shape index (κ3) is 2.86. The lowest BCUT2D eigenvalue weighted by molar-refractivity contribution is 0.0829. The van der Waals surface area contributed by atoms with Crippen LogP contribution in [0.15, 0.2) is 52.3 Å². The number of carbonyl (C=O) groups excluding carboxylic acids is 2. The number of furan rings is 1. The predicted molar refractivity (Wildman–Crippen MR) is 97.8 cm³/mol. The number of fused-ring (bicyclic) bond motifs is 1. The van der Waals surface area contributed by atoms with Crippen LogP contribution >= 0.6 is 11.3 Å². The van der Waals surface area contributed by atoms with E-state index in [1.165, 1.54) is 11.3 Å². The minimum Gasteiger partial charge on any atom is -0.451 e. The van der Waals surface area contributed by atoms with E-state index in [1.54, 1.807) is 19.1 Å². The van der Waals surface area contributed by atoms with E-state index in [1.807, 2.05) is 35.7 Å². The maximum Gasteiger partial charge on any atom is 0.305 e. The normalized spacial score (nSPS) is 10.8. The van der Waals surface area contributed by atoms with Gasteiger partial charge in [0, 0.05) is 10.9 Å². The Hall–Kier alpha value is -3.39. The SMILES string of the molecule is Cc1c(C(=O)NNC(=O)c2cc(-c3cccs3)[nH]n2)oc2ccccc12. The number of nitrogens with one attached hydrogen (secondary N) is 3. The molecule has 26 heavy (non-hydrogen) atoms. The van der Waals surface area contributed by atoms with Crippen molar-refractivity contribution >= 4 is 34.1 Å². The molecule has 3 N–H and O–H groups in total. The van der Waals surface area contributed by atoms with Crippen LogP contribution in [0.3, 0.4) is 0 Å². The molecular formula is C18H14N4O3S. The number of rotatable bonds is 3. The summed E-state index contributed by atoms with van der Waals surface area (Å²) < 4.78 is 5.57. The molecule has 1 aromatic carbocycles. The molecule has 130 valence electrons. The van der Waals surface area contributed by atoms with Crippen LogP contribution in [-0.4, -0.2) is 22.0 Å². The second kappa shape index (κ2) is 6.49. The Morgan fingerprint density at radius 2 is 1.92 bits per heavy atom. The van der Waals surface area contributed by atoms with Gasteiger partial charge in [0.15, 0.2) is 11.5 Å². The minimum atomic E-state index is -0.527. The van der Waals surface area contributed by atoms with Gasteiger partial charge in [0.25, 0.3) is 5.91 Å². The van der Waals surface area contributed by atoms with E-state index in [0.717, 1.165) is 16.0 Å². The molecule has 4 rings (SSSR count). The summed E-state index contributed by atoms with van der Waals surface area (Å²) in [5.41, 5.74) is 6.96. The van der Waals surface area contributed by atoms with Crippen LogP contribution in [0.5, 0.6) is 0 Å². The number of aromatic amines is 1. The summed E-state index contributed by atoms with van der Waals surface area (Å²) in [6.45, 7) is 1.80. The molecular weight excluding hydrogens is 352 g/mol. The molecule has 0 saturated carbocycles. The largest absolute Gasteiger partial charge is 0.451 e. The van der Waals surface area contributed by atoms with Gasteiger partial charge in [-0.2, -0.15) is 5.10 Å². The zero-order valence-electron chi connectivity index (χ0n) is 13.7. The van der Waals surface area contributed by atoms with E-state index >= 15 is 0 Å². The number of aryl methyl sites for hydroxylation is 1. The van der Waals surface area contributed by atoms with Gasteiger partial charge in [-0.15, -0.1) is 11.3 Å². The molecule has 7 nitrogen and oxygen atoms in total. The van der Waals surface area contributed by atoms with Crippen molar-refractivity contribution in [3.05, 3.63) is 64.9 Å². The minimum absolute atomic E-state index is 0.160. The Bertz CT molecular complexity index is 1100. The molecule has 8 heteroatoms. The smallest absolute Gasteiger partial charge is 0.305 e. The second-order valence-electron chi connectivity index (χ2n) is 5.60. The molecule has 0 unspecified atom stereocenters. The van der Waals surface area contributed by atoms with E-state index in [0.29, 0.717) is 11.1 Å². The van der Waals surface area contributed by atoms with Crippen molar-refractivity contribution < 1.29 is 14.0 Å². The Balaban J connectivity index is 1.45. The molecule has 2 amide bonds. The highest BCUT2D eigenvalue weighted by molar-refractivity contribution is 7.13. The van der Waals surface area contributed by atoms with Crippen molar-refractivity contribution in [1.29, 1.82) is 0 Å². The van der Waals surface area contributed by atoms with Crippen LogP contribution in [0, 0.1) is 6.92 Å². The fourth-order valence-electron chi connectivity index (χ4n) is 2.62. The summed E-state index contributed by atoms with van der Waals surface area (Å²) in [5.74, 6) is -0.889. The highest BCUT2D eigenvalue weighted by atomic mass is 32.1. The predicted octanol–water partition coefficient (Wildman–Crippen LogP) is 3.27. The zero-order chi connectivity index (χ0) is 18.1. The average molecular weight is 366 g/mol. The molecule has 0 aliphatic heterocycles. The number of benzene rings is 1. The number of hydrogen-bond donors (Lipinski definition) is 3. The summed E-state index contributed by atoms with van der Waals surface area (Å²) >= 11 is 1.54. The van der Waals surface area contributed by atoms with Gasteiger partial charge in [0.1, 0.15) is 5.58 Å². The first-order valence-corrected chi connectivity index (χ1v) is 8.69. The summed E-state index contributed by atoms with van der Waals surface area (Å²) in [5, 5.41) is 9.57. The molecule has 0 radical (unpaired) electrons. The van der Waals surface area contributed by atoms with E-state index in [4.69, 9.17) is 4.42 Å². The third-order valence-electron chi connectivity index (χ3n) is 3.94. The molecule has 4 aromatic rings. The Labute approximate surface area is 152 Å². The zero-order valence-corrected chi connectivity index (χ0v) is 14.5. The maximum atomic E-state index is 12.3.